The molecular weight excluding hydrogens is 106 g/mol. The summed E-state index contributed by atoms with van der Waals surface area (Å²) in [5.41, 5.74) is 1.10. The van der Waals surface area contributed by atoms with Crippen LogP contribution in [0, 0.1) is 0 Å². The molecule has 1 rings (SSSR count). The Kier molecular flexibility index (Phi) is 1.22. The fourth-order valence-corrected chi connectivity index (χ4v) is 0.836. The third-order valence-corrected chi connectivity index (χ3v) is 1.29. The van der Waals surface area contributed by atoms with E-state index < -0.39 is 0 Å². The van der Waals surface area contributed by atoms with E-state index >= 15 is 0 Å². The zero-order valence-electron chi connectivity index (χ0n) is 3.79. The summed E-state index contributed by atoms with van der Waals surface area (Å²) in [6.07, 6.45) is 3.57. The second kappa shape index (κ2) is 1.89. The Balaban J connectivity index is 2.96. The van der Waals surface area contributed by atoms with Crippen molar-refractivity contribution in [2.24, 2.45) is 0 Å². The summed E-state index contributed by atoms with van der Waals surface area (Å²) < 4.78 is 3.86. The number of aromatic nitrogens is 1. The molecule has 1 aromatic heterocycles. The Morgan fingerprint density at radius 2 is 2.71 bits per heavy atom. The number of hydrogen-bond acceptors (Lipinski definition) is 2. The number of rotatable bonds is 1. The quantitative estimate of drug-likeness (QED) is 0.538. The molecule has 0 atom stereocenters. The summed E-state index contributed by atoms with van der Waals surface area (Å²) in [6, 6.07) is 0. The average Bonchev–Trinajstić information content (AvgIpc) is 2.14. The highest BCUT2D eigenvalue weighted by Crippen LogP contribution is 2.00. The lowest BCUT2D eigenvalue weighted by molar-refractivity contribution is 1.56. The first-order chi connectivity index (χ1) is 3.43. The zero-order chi connectivity index (χ0) is 5.11. The predicted octanol–water partition coefficient (Wildman–Crippen LogP) is 1.79. The van der Waals surface area contributed by atoms with Gasteiger partial charge in [0.15, 0.2) is 0 Å². The third-order valence-electron chi connectivity index (χ3n) is 0.687. The van der Waals surface area contributed by atoms with E-state index in [9.17, 15) is 0 Å². The van der Waals surface area contributed by atoms with Crippen molar-refractivity contribution in [3.05, 3.63) is 23.7 Å². The van der Waals surface area contributed by atoms with E-state index in [-0.39, 0.29) is 0 Å². The first kappa shape index (κ1) is 4.53. The van der Waals surface area contributed by atoms with Gasteiger partial charge in [-0.2, -0.15) is 0 Å². The molecule has 0 saturated carbocycles. The summed E-state index contributed by atoms with van der Waals surface area (Å²) >= 11 is 1.44. The summed E-state index contributed by atoms with van der Waals surface area (Å²) in [7, 11) is 0. The molecule has 0 spiro atoms. The third kappa shape index (κ3) is 0.871. The van der Waals surface area contributed by atoms with Crippen molar-refractivity contribution in [1.29, 1.82) is 0 Å². The van der Waals surface area contributed by atoms with Gasteiger partial charge in [0.2, 0.25) is 0 Å². The Hall–Kier alpha value is -0.630. The molecule has 0 aromatic carbocycles. The molecule has 2 heteroatoms. The molecule has 0 amide bonds. The van der Waals surface area contributed by atoms with Crippen molar-refractivity contribution >= 4 is 17.6 Å². The van der Waals surface area contributed by atoms with Crippen LogP contribution in [0.4, 0.5) is 0 Å². The van der Waals surface area contributed by atoms with Crippen LogP contribution in [0.1, 0.15) is 5.56 Å². The molecule has 36 valence electrons. The second-order valence-corrected chi connectivity index (χ2v) is 1.82. The van der Waals surface area contributed by atoms with E-state index in [0.29, 0.717) is 0 Å². The van der Waals surface area contributed by atoms with Gasteiger partial charge in [0.05, 0.1) is 0 Å². The van der Waals surface area contributed by atoms with Gasteiger partial charge in [0.25, 0.3) is 0 Å². The molecule has 1 aromatic rings. The summed E-state index contributed by atoms with van der Waals surface area (Å²) in [4.78, 5) is 0. The van der Waals surface area contributed by atoms with Gasteiger partial charge in [-0.15, -0.1) is 0 Å². The lowest BCUT2D eigenvalue weighted by Gasteiger charge is -1.68. The van der Waals surface area contributed by atoms with Gasteiger partial charge >= 0.3 is 0 Å². The van der Waals surface area contributed by atoms with Gasteiger partial charge in [-0.3, -0.25) is 0 Å². The lowest BCUT2D eigenvalue weighted by atomic mass is 10.4. The van der Waals surface area contributed by atoms with Crippen LogP contribution in [0.3, 0.4) is 0 Å². The maximum Gasteiger partial charge on any atom is 0.0479 e. The van der Waals surface area contributed by atoms with Crippen molar-refractivity contribution in [3.8, 4) is 0 Å². The highest BCUT2D eigenvalue weighted by molar-refractivity contribution is 7.03. The fourth-order valence-electron chi connectivity index (χ4n) is 0.314. The summed E-state index contributed by atoms with van der Waals surface area (Å²) in [5, 5.41) is 1.95. The normalized spacial score (nSPS) is 8.57. The van der Waals surface area contributed by atoms with E-state index in [4.69, 9.17) is 0 Å². The second-order valence-electron chi connectivity index (χ2n) is 1.16. The average molecular weight is 111 g/mol. The first-order valence-corrected chi connectivity index (χ1v) is 2.79. The van der Waals surface area contributed by atoms with Gasteiger partial charge in [-0.25, -0.2) is 4.37 Å². The highest BCUT2D eigenvalue weighted by Gasteiger charge is 1.80. The molecule has 0 saturated heterocycles. The maximum atomic E-state index is 3.86. The van der Waals surface area contributed by atoms with Gasteiger partial charge in [0.1, 0.15) is 0 Å². The largest absolute Gasteiger partial charge is 0.201 e. The summed E-state index contributed by atoms with van der Waals surface area (Å²) in [6.45, 7) is 3.57. The Bertz CT molecular complexity index is 143. The summed E-state index contributed by atoms with van der Waals surface area (Å²) in [5.74, 6) is 0. The lowest BCUT2D eigenvalue weighted by Crippen LogP contribution is -1.52. The Morgan fingerprint density at radius 1 is 1.86 bits per heavy atom. The molecule has 0 aliphatic rings. The van der Waals surface area contributed by atoms with Crippen molar-refractivity contribution in [3.63, 3.8) is 0 Å². The SMILES string of the molecule is C=Cc1cnsc1. The van der Waals surface area contributed by atoms with Crippen molar-refractivity contribution < 1.29 is 0 Å². The molecule has 0 N–H and O–H groups in total. The smallest absolute Gasteiger partial charge is 0.0479 e. The van der Waals surface area contributed by atoms with Gasteiger partial charge in [-0.05, 0) is 11.5 Å². The van der Waals surface area contributed by atoms with Crippen LogP contribution in [0.25, 0.3) is 6.08 Å². The Labute approximate surface area is 46.5 Å². The topological polar surface area (TPSA) is 12.9 Å². The van der Waals surface area contributed by atoms with Crippen LogP contribution in [-0.4, -0.2) is 4.37 Å². The molecule has 0 unspecified atom stereocenters. The molecule has 0 aliphatic carbocycles. The minimum Gasteiger partial charge on any atom is -0.201 e. The Morgan fingerprint density at radius 3 is 3.00 bits per heavy atom. The van der Waals surface area contributed by atoms with Crippen LogP contribution in [0.15, 0.2) is 18.2 Å². The standard InChI is InChI=1S/C5H5NS/c1-2-5-3-6-7-4-5/h2-4H,1H2. The zero-order valence-corrected chi connectivity index (χ0v) is 4.61. The van der Waals surface area contributed by atoms with Gasteiger partial charge in [0, 0.05) is 17.1 Å². The van der Waals surface area contributed by atoms with E-state index in [1.165, 1.54) is 11.5 Å². The van der Waals surface area contributed by atoms with Crippen LogP contribution in [0.5, 0.6) is 0 Å². The fraction of sp³-hybridized carbons (Fsp3) is 0. The van der Waals surface area contributed by atoms with Crippen molar-refractivity contribution in [2.45, 2.75) is 0 Å². The highest BCUT2D eigenvalue weighted by atomic mass is 32.1. The van der Waals surface area contributed by atoms with Crippen LogP contribution >= 0.6 is 11.5 Å². The van der Waals surface area contributed by atoms with Crippen LogP contribution in [-0.2, 0) is 0 Å². The van der Waals surface area contributed by atoms with E-state index in [0.717, 1.165) is 5.56 Å². The number of nitrogens with zero attached hydrogens (tertiary/aromatic N) is 1. The minimum atomic E-state index is 1.10. The number of hydrogen-bond donors (Lipinski definition) is 0. The van der Waals surface area contributed by atoms with Crippen LogP contribution < -0.4 is 0 Å². The molecule has 1 heterocycles. The maximum absolute atomic E-state index is 3.86. The van der Waals surface area contributed by atoms with Gasteiger partial charge < -0.3 is 0 Å². The van der Waals surface area contributed by atoms with Crippen molar-refractivity contribution in [1.82, 2.24) is 4.37 Å². The molecule has 7 heavy (non-hydrogen) atoms. The molecule has 1 nitrogen and oxygen atoms in total. The van der Waals surface area contributed by atoms with E-state index in [2.05, 4.69) is 11.0 Å². The molecule has 0 bridgehead atoms. The van der Waals surface area contributed by atoms with Crippen molar-refractivity contribution in [2.75, 3.05) is 0 Å². The minimum absolute atomic E-state index is 1.10. The monoisotopic (exact) mass is 111 g/mol. The molecule has 0 aliphatic heterocycles. The molecular formula is C5H5NS. The first-order valence-electron chi connectivity index (χ1n) is 1.95. The van der Waals surface area contributed by atoms with Crippen LogP contribution in [0.2, 0.25) is 0 Å². The molecule has 0 radical (unpaired) electrons. The molecule has 0 fully saturated rings. The van der Waals surface area contributed by atoms with Gasteiger partial charge in [-0.1, -0.05) is 12.7 Å². The predicted molar refractivity (Wildman–Crippen MR) is 32.2 cm³/mol. The van der Waals surface area contributed by atoms with E-state index in [1.54, 1.807) is 12.3 Å². The van der Waals surface area contributed by atoms with E-state index in [1.807, 2.05) is 5.38 Å².